The minimum Gasteiger partial charge on any atom is -0.370 e. The number of carbonyl (C=O) groups is 2. The molecule has 1 aromatic heterocycles. The van der Waals surface area contributed by atoms with E-state index in [1.165, 1.54) is 11.0 Å². The van der Waals surface area contributed by atoms with E-state index in [2.05, 4.69) is 10.00 Å². The first-order valence-electron chi connectivity index (χ1n) is 9.57. The average Bonchev–Trinajstić information content (AvgIpc) is 3.25. The van der Waals surface area contributed by atoms with Crippen LogP contribution in [0.25, 0.3) is 0 Å². The Hall–Kier alpha value is -3.16. The molecule has 2 aliphatic rings. The van der Waals surface area contributed by atoms with Crippen molar-refractivity contribution in [2.75, 3.05) is 42.5 Å². The standard InChI is InChI=1S/C20H23N5O3/c26-18-12-17(22-8-4-5-9-22)13-21-25(18)15-19(27)23-10-11-24(20(28)14-23)16-6-2-1-3-7-16/h1-3,6-7,12-13H,4-5,8-11,14-15H2. The largest absolute Gasteiger partial charge is 0.370 e. The van der Waals surface area contributed by atoms with Gasteiger partial charge in [0.2, 0.25) is 11.8 Å². The summed E-state index contributed by atoms with van der Waals surface area (Å²) in [6.45, 7) is 2.58. The van der Waals surface area contributed by atoms with Gasteiger partial charge in [-0.25, -0.2) is 4.68 Å². The van der Waals surface area contributed by atoms with Gasteiger partial charge in [0, 0.05) is 37.9 Å². The third-order valence-electron chi connectivity index (χ3n) is 5.25. The van der Waals surface area contributed by atoms with Crippen LogP contribution in [0.3, 0.4) is 0 Å². The molecule has 0 radical (unpaired) electrons. The Kier molecular flexibility index (Phi) is 5.10. The van der Waals surface area contributed by atoms with E-state index < -0.39 is 0 Å². The van der Waals surface area contributed by atoms with Crippen LogP contribution >= 0.6 is 0 Å². The number of para-hydroxylation sites is 1. The molecule has 2 aromatic rings. The second kappa shape index (κ2) is 7.84. The van der Waals surface area contributed by atoms with Crippen molar-refractivity contribution in [2.24, 2.45) is 0 Å². The van der Waals surface area contributed by atoms with Gasteiger partial charge in [0.05, 0.1) is 11.9 Å². The van der Waals surface area contributed by atoms with Crippen LogP contribution in [-0.4, -0.2) is 59.2 Å². The summed E-state index contributed by atoms with van der Waals surface area (Å²) in [5.74, 6) is -0.403. The van der Waals surface area contributed by atoms with Crippen molar-refractivity contribution in [1.82, 2.24) is 14.7 Å². The van der Waals surface area contributed by atoms with Crippen LogP contribution in [0.1, 0.15) is 12.8 Å². The number of carbonyl (C=O) groups excluding carboxylic acids is 2. The molecule has 28 heavy (non-hydrogen) atoms. The molecular formula is C20H23N5O3. The number of nitrogens with zero attached hydrogens (tertiary/aromatic N) is 5. The molecule has 2 amide bonds. The van der Waals surface area contributed by atoms with Gasteiger partial charge < -0.3 is 14.7 Å². The first-order chi connectivity index (χ1) is 13.6. The SMILES string of the molecule is O=C(Cn1ncc(N2CCCC2)cc1=O)N1CCN(c2ccccc2)C(=O)C1. The number of anilines is 2. The molecule has 2 saturated heterocycles. The minimum absolute atomic E-state index is 0.00827. The molecule has 8 heteroatoms. The molecule has 8 nitrogen and oxygen atoms in total. The molecule has 4 rings (SSSR count). The van der Waals surface area contributed by atoms with Crippen LogP contribution in [0.15, 0.2) is 47.4 Å². The molecule has 2 aliphatic heterocycles. The van der Waals surface area contributed by atoms with Crippen LogP contribution in [0.2, 0.25) is 0 Å². The molecular weight excluding hydrogens is 358 g/mol. The first-order valence-corrected chi connectivity index (χ1v) is 9.57. The van der Waals surface area contributed by atoms with E-state index in [1.54, 1.807) is 11.1 Å². The van der Waals surface area contributed by atoms with Crippen LogP contribution in [0.5, 0.6) is 0 Å². The highest BCUT2D eigenvalue weighted by Gasteiger charge is 2.28. The van der Waals surface area contributed by atoms with E-state index in [0.29, 0.717) is 13.1 Å². The fraction of sp³-hybridized carbons (Fsp3) is 0.400. The van der Waals surface area contributed by atoms with Crippen molar-refractivity contribution in [3.63, 3.8) is 0 Å². The number of hydrogen-bond acceptors (Lipinski definition) is 5. The number of benzene rings is 1. The van der Waals surface area contributed by atoms with Crippen molar-refractivity contribution >= 4 is 23.2 Å². The highest BCUT2D eigenvalue weighted by Crippen LogP contribution is 2.18. The molecule has 0 spiro atoms. The molecule has 0 aliphatic carbocycles. The second-order valence-corrected chi connectivity index (χ2v) is 7.10. The number of rotatable bonds is 4. The Morgan fingerprint density at radius 1 is 0.964 bits per heavy atom. The molecule has 0 atom stereocenters. The Labute approximate surface area is 163 Å². The van der Waals surface area contributed by atoms with Crippen LogP contribution in [0, 0.1) is 0 Å². The van der Waals surface area contributed by atoms with E-state index in [9.17, 15) is 14.4 Å². The van der Waals surface area contributed by atoms with Gasteiger partial charge in [-0.2, -0.15) is 5.10 Å². The van der Waals surface area contributed by atoms with Crippen LogP contribution < -0.4 is 15.4 Å². The van der Waals surface area contributed by atoms with Crippen molar-refractivity contribution in [1.29, 1.82) is 0 Å². The number of piperazine rings is 1. The van der Waals surface area contributed by atoms with Gasteiger partial charge in [-0.1, -0.05) is 18.2 Å². The van der Waals surface area contributed by atoms with E-state index in [1.807, 2.05) is 30.3 Å². The van der Waals surface area contributed by atoms with Crippen molar-refractivity contribution < 1.29 is 9.59 Å². The monoisotopic (exact) mass is 381 g/mol. The van der Waals surface area contributed by atoms with Gasteiger partial charge in [0.25, 0.3) is 5.56 Å². The highest BCUT2D eigenvalue weighted by molar-refractivity contribution is 5.97. The van der Waals surface area contributed by atoms with E-state index in [0.717, 1.165) is 42.0 Å². The average molecular weight is 381 g/mol. The molecule has 146 valence electrons. The summed E-state index contributed by atoms with van der Waals surface area (Å²) in [5, 5.41) is 4.16. The molecule has 0 N–H and O–H groups in total. The van der Waals surface area contributed by atoms with Crippen molar-refractivity contribution in [3.05, 3.63) is 52.9 Å². The third kappa shape index (κ3) is 3.76. The fourth-order valence-corrected chi connectivity index (χ4v) is 3.69. The predicted molar refractivity (Wildman–Crippen MR) is 105 cm³/mol. The Balaban J connectivity index is 1.39. The lowest BCUT2D eigenvalue weighted by Gasteiger charge is -2.34. The first kappa shape index (κ1) is 18.2. The summed E-state index contributed by atoms with van der Waals surface area (Å²) in [6.07, 6.45) is 3.87. The molecule has 0 bridgehead atoms. The van der Waals surface area contributed by atoms with Crippen LogP contribution in [-0.2, 0) is 16.1 Å². The summed E-state index contributed by atoms with van der Waals surface area (Å²) in [5.41, 5.74) is 1.33. The normalized spacial score (nSPS) is 17.3. The summed E-state index contributed by atoms with van der Waals surface area (Å²) in [7, 11) is 0. The fourth-order valence-electron chi connectivity index (χ4n) is 3.69. The Morgan fingerprint density at radius 2 is 1.71 bits per heavy atom. The molecule has 3 heterocycles. The van der Waals surface area contributed by atoms with Gasteiger partial charge in [-0.3, -0.25) is 14.4 Å². The number of hydrogen-bond donors (Lipinski definition) is 0. The zero-order chi connectivity index (χ0) is 19.5. The minimum atomic E-state index is -0.299. The quantitative estimate of drug-likeness (QED) is 0.780. The summed E-state index contributed by atoms with van der Waals surface area (Å²) in [4.78, 5) is 42.7. The maximum atomic E-state index is 12.6. The zero-order valence-electron chi connectivity index (χ0n) is 15.7. The van der Waals surface area contributed by atoms with Gasteiger partial charge in [-0.05, 0) is 25.0 Å². The topological polar surface area (TPSA) is 78.8 Å². The highest BCUT2D eigenvalue weighted by atomic mass is 16.2. The van der Waals surface area contributed by atoms with Gasteiger partial charge in [-0.15, -0.1) is 0 Å². The Bertz CT molecular complexity index is 921. The Morgan fingerprint density at radius 3 is 2.39 bits per heavy atom. The van der Waals surface area contributed by atoms with Gasteiger partial charge in [0.15, 0.2) is 0 Å². The van der Waals surface area contributed by atoms with Crippen molar-refractivity contribution in [3.8, 4) is 0 Å². The van der Waals surface area contributed by atoms with Crippen LogP contribution in [0.4, 0.5) is 11.4 Å². The molecule has 0 unspecified atom stereocenters. The van der Waals surface area contributed by atoms with Crippen molar-refractivity contribution in [2.45, 2.75) is 19.4 Å². The predicted octanol–water partition coefficient (Wildman–Crippen LogP) is 0.719. The lowest BCUT2D eigenvalue weighted by Crippen LogP contribution is -2.53. The van der Waals surface area contributed by atoms with E-state index in [4.69, 9.17) is 0 Å². The number of aromatic nitrogens is 2. The molecule has 2 fully saturated rings. The van der Waals surface area contributed by atoms with Gasteiger partial charge >= 0.3 is 0 Å². The lowest BCUT2D eigenvalue weighted by molar-refractivity contribution is -0.137. The third-order valence-corrected chi connectivity index (χ3v) is 5.25. The second-order valence-electron chi connectivity index (χ2n) is 7.10. The van der Waals surface area contributed by atoms with E-state index >= 15 is 0 Å². The van der Waals surface area contributed by atoms with E-state index in [-0.39, 0.29) is 30.5 Å². The smallest absolute Gasteiger partial charge is 0.269 e. The summed E-state index contributed by atoms with van der Waals surface area (Å²) in [6, 6.07) is 10.9. The van der Waals surface area contributed by atoms with Gasteiger partial charge in [0.1, 0.15) is 13.1 Å². The maximum Gasteiger partial charge on any atom is 0.269 e. The summed E-state index contributed by atoms with van der Waals surface area (Å²) < 4.78 is 1.16. The molecule has 1 aromatic carbocycles. The lowest BCUT2D eigenvalue weighted by atomic mass is 10.2. The number of amides is 2. The zero-order valence-corrected chi connectivity index (χ0v) is 15.7. The molecule has 0 saturated carbocycles. The summed E-state index contributed by atoms with van der Waals surface area (Å²) >= 11 is 0. The maximum absolute atomic E-state index is 12.6.